The summed E-state index contributed by atoms with van der Waals surface area (Å²) in [5, 5.41) is 0. The predicted molar refractivity (Wildman–Crippen MR) is 79.2 cm³/mol. The zero-order chi connectivity index (χ0) is 13.3. The fourth-order valence-corrected chi connectivity index (χ4v) is 2.61. The molecule has 1 heteroatoms. The minimum Gasteiger partial charge on any atom is -0.457 e. The summed E-state index contributed by atoms with van der Waals surface area (Å²) in [6.45, 7) is 4.37. The molecular formula is C18H20O. The molecule has 19 heavy (non-hydrogen) atoms. The van der Waals surface area contributed by atoms with Crippen molar-refractivity contribution in [2.75, 3.05) is 0 Å². The molecule has 0 bridgehead atoms. The lowest BCUT2D eigenvalue weighted by molar-refractivity contribution is 0.443. The molecule has 1 nitrogen and oxygen atoms in total. The first-order valence-corrected chi connectivity index (χ1v) is 7.01. The molecular weight excluding hydrogens is 232 g/mol. The zero-order valence-electron chi connectivity index (χ0n) is 11.6. The molecule has 0 saturated carbocycles. The fourth-order valence-electron chi connectivity index (χ4n) is 2.61. The van der Waals surface area contributed by atoms with Gasteiger partial charge in [-0.2, -0.15) is 0 Å². The second kappa shape index (κ2) is 4.73. The molecule has 0 fully saturated rings. The molecule has 3 rings (SSSR count). The molecule has 2 aliphatic carbocycles. The molecule has 98 valence electrons. The van der Waals surface area contributed by atoms with Crippen LogP contribution in [-0.4, -0.2) is 0 Å². The summed E-state index contributed by atoms with van der Waals surface area (Å²) in [5.41, 5.74) is 3.03. The normalized spacial score (nSPS) is 19.8. The van der Waals surface area contributed by atoms with Gasteiger partial charge in [-0.15, -0.1) is 0 Å². The van der Waals surface area contributed by atoms with Crippen molar-refractivity contribution in [3.63, 3.8) is 0 Å². The van der Waals surface area contributed by atoms with Gasteiger partial charge in [-0.05, 0) is 54.7 Å². The Morgan fingerprint density at radius 3 is 2.79 bits per heavy atom. The maximum atomic E-state index is 5.98. The van der Waals surface area contributed by atoms with E-state index in [0.29, 0.717) is 0 Å². The fraction of sp³-hybridized carbons (Fsp3) is 0.333. The molecule has 0 heterocycles. The monoisotopic (exact) mass is 252 g/mol. The molecule has 2 aliphatic rings. The average molecular weight is 252 g/mol. The first-order chi connectivity index (χ1) is 9.12. The highest BCUT2D eigenvalue weighted by molar-refractivity contribution is 5.40. The van der Waals surface area contributed by atoms with Gasteiger partial charge >= 0.3 is 0 Å². The summed E-state index contributed by atoms with van der Waals surface area (Å²) in [6, 6.07) is 6.48. The predicted octanol–water partition coefficient (Wildman–Crippen LogP) is 4.59. The Bertz CT molecular complexity index is 573. The van der Waals surface area contributed by atoms with E-state index in [0.717, 1.165) is 11.5 Å². The Labute approximate surface area is 115 Å². The van der Waals surface area contributed by atoms with Crippen LogP contribution in [0, 0.1) is 5.41 Å². The van der Waals surface area contributed by atoms with E-state index in [4.69, 9.17) is 4.74 Å². The van der Waals surface area contributed by atoms with E-state index >= 15 is 0 Å². The number of aryl methyl sites for hydroxylation is 2. The van der Waals surface area contributed by atoms with Crippen LogP contribution in [-0.2, 0) is 12.8 Å². The van der Waals surface area contributed by atoms with Gasteiger partial charge in [0.05, 0.1) is 0 Å². The van der Waals surface area contributed by atoms with Gasteiger partial charge in [0.25, 0.3) is 0 Å². The minimum absolute atomic E-state index is 0.0968. The van der Waals surface area contributed by atoms with Crippen molar-refractivity contribution in [2.24, 2.45) is 5.41 Å². The third-order valence-electron chi connectivity index (χ3n) is 3.77. The van der Waals surface area contributed by atoms with Crippen LogP contribution >= 0.6 is 0 Å². The van der Waals surface area contributed by atoms with Crippen molar-refractivity contribution < 1.29 is 4.74 Å². The molecule has 0 radical (unpaired) electrons. The zero-order valence-corrected chi connectivity index (χ0v) is 11.6. The Balaban J connectivity index is 1.79. The SMILES string of the molecule is CC1(C)C=CC=C(Oc2ccc3c(c2)CCC3)C=C1. The molecule has 0 unspecified atom stereocenters. The number of ether oxygens (including phenoxy) is 1. The molecule has 0 spiro atoms. The molecule has 0 atom stereocenters. The second-order valence-electron chi connectivity index (χ2n) is 5.97. The third-order valence-corrected chi connectivity index (χ3v) is 3.77. The van der Waals surface area contributed by atoms with E-state index in [1.54, 1.807) is 0 Å². The van der Waals surface area contributed by atoms with Crippen LogP contribution in [0.15, 0.2) is 54.3 Å². The van der Waals surface area contributed by atoms with Crippen LogP contribution in [0.1, 0.15) is 31.4 Å². The molecule has 0 aliphatic heterocycles. The quantitative estimate of drug-likeness (QED) is 0.748. The van der Waals surface area contributed by atoms with E-state index in [1.807, 2.05) is 6.08 Å². The van der Waals surface area contributed by atoms with E-state index in [2.05, 4.69) is 56.4 Å². The Hall–Kier alpha value is -1.76. The lowest BCUT2D eigenvalue weighted by Crippen LogP contribution is -2.01. The van der Waals surface area contributed by atoms with Gasteiger partial charge in [-0.3, -0.25) is 0 Å². The summed E-state index contributed by atoms with van der Waals surface area (Å²) in [7, 11) is 0. The second-order valence-corrected chi connectivity index (χ2v) is 5.97. The summed E-state index contributed by atoms with van der Waals surface area (Å²) < 4.78 is 5.98. The number of hydrogen-bond acceptors (Lipinski definition) is 1. The molecule has 0 amide bonds. The summed E-state index contributed by atoms with van der Waals surface area (Å²) in [6.07, 6.45) is 14.2. The van der Waals surface area contributed by atoms with Crippen LogP contribution in [0.3, 0.4) is 0 Å². The van der Waals surface area contributed by atoms with Gasteiger partial charge in [0.1, 0.15) is 11.5 Å². The van der Waals surface area contributed by atoms with Crippen LogP contribution in [0.25, 0.3) is 0 Å². The standard InChI is InChI=1S/C18H20O/c1-18(2)11-4-7-16(10-12-18)19-17-9-8-14-5-3-6-15(14)13-17/h4,7-13H,3,5-6H2,1-2H3. The highest BCUT2D eigenvalue weighted by atomic mass is 16.5. The Morgan fingerprint density at radius 2 is 1.89 bits per heavy atom. The van der Waals surface area contributed by atoms with E-state index in [1.165, 1.54) is 30.4 Å². The number of benzene rings is 1. The van der Waals surface area contributed by atoms with E-state index < -0.39 is 0 Å². The lowest BCUT2D eigenvalue weighted by atomic mass is 9.93. The highest BCUT2D eigenvalue weighted by Crippen LogP contribution is 2.28. The van der Waals surface area contributed by atoms with Crippen molar-refractivity contribution in [3.05, 3.63) is 65.5 Å². The molecule has 0 aromatic heterocycles. The van der Waals surface area contributed by atoms with Gasteiger partial charge < -0.3 is 4.74 Å². The highest BCUT2D eigenvalue weighted by Gasteiger charge is 2.13. The first-order valence-electron chi connectivity index (χ1n) is 7.01. The number of rotatable bonds is 2. The molecule has 1 aromatic carbocycles. The largest absolute Gasteiger partial charge is 0.457 e. The Kier molecular flexibility index (Phi) is 3.06. The summed E-state index contributed by atoms with van der Waals surface area (Å²) in [5.74, 6) is 1.85. The van der Waals surface area contributed by atoms with Gasteiger partial charge in [-0.1, -0.05) is 38.1 Å². The number of allylic oxidation sites excluding steroid dienone is 5. The molecule has 0 saturated heterocycles. The van der Waals surface area contributed by atoms with Crippen LogP contribution in [0.2, 0.25) is 0 Å². The van der Waals surface area contributed by atoms with E-state index in [9.17, 15) is 0 Å². The van der Waals surface area contributed by atoms with Gasteiger partial charge in [0.2, 0.25) is 0 Å². The lowest BCUT2D eigenvalue weighted by Gasteiger charge is -2.12. The maximum Gasteiger partial charge on any atom is 0.127 e. The van der Waals surface area contributed by atoms with Crippen LogP contribution in [0.5, 0.6) is 5.75 Å². The minimum atomic E-state index is 0.0968. The van der Waals surface area contributed by atoms with Crippen molar-refractivity contribution >= 4 is 0 Å². The Morgan fingerprint density at radius 1 is 1.05 bits per heavy atom. The van der Waals surface area contributed by atoms with Gasteiger partial charge in [0, 0.05) is 5.41 Å². The third kappa shape index (κ3) is 2.81. The van der Waals surface area contributed by atoms with Crippen molar-refractivity contribution in [1.82, 2.24) is 0 Å². The van der Waals surface area contributed by atoms with Crippen LogP contribution in [0.4, 0.5) is 0 Å². The molecule has 0 N–H and O–H groups in total. The summed E-state index contributed by atoms with van der Waals surface area (Å²) in [4.78, 5) is 0. The van der Waals surface area contributed by atoms with E-state index in [-0.39, 0.29) is 5.41 Å². The summed E-state index contributed by atoms with van der Waals surface area (Å²) >= 11 is 0. The van der Waals surface area contributed by atoms with Gasteiger partial charge in [0.15, 0.2) is 0 Å². The van der Waals surface area contributed by atoms with Crippen molar-refractivity contribution in [1.29, 1.82) is 0 Å². The molecule has 1 aromatic rings. The van der Waals surface area contributed by atoms with Crippen LogP contribution < -0.4 is 4.74 Å². The van der Waals surface area contributed by atoms with Crippen molar-refractivity contribution in [2.45, 2.75) is 33.1 Å². The average Bonchev–Trinajstić information content (AvgIpc) is 2.76. The number of fused-ring (bicyclic) bond motifs is 1. The smallest absolute Gasteiger partial charge is 0.127 e. The van der Waals surface area contributed by atoms with Gasteiger partial charge in [-0.25, -0.2) is 0 Å². The topological polar surface area (TPSA) is 9.23 Å². The number of hydrogen-bond donors (Lipinski definition) is 0. The van der Waals surface area contributed by atoms with Crippen molar-refractivity contribution in [3.8, 4) is 5.75 Å². The first kappa shape index (κ1) is 12.3. The maximum absolute atomic E-state index is 5.98.